The van der Waals surface area contributed by atoms with E-state index >= 15 is 0 Å². The smallest absolute Gasteiger partial charge is 0.00423 e. The molecule has 0 bridgehead atoms. The summed E-state index contributed by atoms with van der Waals surface area (Å²) in [4.78, 5) is 0. The van der Waals surface area contributed by atoms with Crippen molar-refractivity contribution in [2.75, 3.05) is 0 Å². The van der Waals surface area contributed by atoms with Crippen LogP contribution in [0.15, 0.2) is 23.8 Å². The second-order valence-electron chi connectivity index (χ2n) is 1.15. The third kappa shape index (κ3) is 5.77. The van der Waals surface area contributed by atoms with Crippen molar-refractivity contribution in [3.63, 3.8) is 0 Å². The van der Waals surface area contributed by atoms with E-state index in [0.29, 0.717) is 0 Å². The van der Waals surface area contributed by atoms with Gasteiger partial charge in [-0.25, -0.2) is 0 Å². The summed E-state index contributed by atoms with van der Waals surface area (Å²) in [7, 11) is 0. The largest absolute Gasteiger partial charge is 0.0930 e. The summed E-state index contributed by atoms with van der Waals surface area (Å²) in [6.07, 6.45) is 6.83. The van der Waals surface area contributed by atoms with Gasteiger partial charge in [0.2, 0.25) is 0 Å². The van der Waals surface area contributed by atoms with Crippen molar-refractivity contribution in [3.05, 3.63) is 23.8 Å². The topological polar surface area (TPSA) is 0 Å². The van der Waals surface area contributed by atoms with Gasteiger partial charge in [0.1, 0.15) is 0 Å². The van der Waals surface area contributed by atoms with Crippen LogP contribution in [0.25, 0.3) is 0 Å². The minimum Gasteiger partial charge on any atom is -0.0930 e. The predicted molar refractivity (Wildman–Crippen MR) is 34.4 cm³/mol. The van der Waals surface area contributed by atoms with Crippen molar-refractivity contribution in [2.45, 2.75) is 13.3 Å². The van der Waals surface area contributed by atoms with Crippen molar-refractivity contribution < 1.29 is 0 Å². The highest BCUT2D eigenvalue weighted by Gasteiger charge is 1.58. The molecule has 0 aliphatic carbocycles. The number of hydrogen-bond acceptors (Lipinski definition) is 0. The first-order valence-electron chi connectivity index (χ1n) is 2.33. The molecule has 0 aromatic carbocycles. The lowest BCUT2D eigenvalue weighted by Gasteiger charge is -1.69. The van der Waals surface area contributed by atoms with Crippen LogP contribution >= 0.6 is 11.6 Å². The summed E-state index contributed by atoms with van der Waals surface area (Å²) in [5.41, 5.74) is 1.49. The fraction of sp³-hybridized carbons (Fsp3) is 0.333. The molecule has 0 radical (unpaired) electrons. The highest BCUT2D eigenvalue weighted by atomic mass is 35.5. The zero-order valence-electron chi connectivity index (χ0n) is 4.39. The van der Waals surface area contributed by atoms with Gasteiger partial charge in [-0.3, -0.25) is 0 Å². The molecule has 0 amide bonds. The second-order valence-corrected chi connectivity index (χ2v) is 1.41. The SMILES string of the molecule is CCC=CC=CCl. The molecule has 0 unspecified atom stereocenters. The molecule has 0 saturated heterocycles. The van der Waals surface area contributed by atoms with Crippen LogP contribution in [0.4, 0.5) is 0 Å². The van der Waals surface area contributed by atoms with Gasteiger partial charge in [-0.2, -0.15) is 0 Å². The van der Waals surface area contributed by atoms with Crippen LogP contribution in [0.2, 0.25) is 0 Å². The monoisotopic (exact) mass is 116 g/mol. The molecule has 0 aromatic rings. The zero-order chi connectivity index (χ0) is 5.54. The lowest BCUT2D eigenvalue weighted by molar-refractivity contribution is 1.22. The molecule has 40 valence electrons. The zero-order valence-corrected chi connectivity index (χ0v) is 5.15. The fourth-order valence-electron chi connectivity index (χ4n) is 0.257. The van der Waals surface area contributed by atoms with Crippen molar-refractivity contribution in [3.8, 4) is 0 Å². The molecular formula is C6H9Cl. The Balaban J connectivity index is 3.09. The number of halogens is 1. The summed E-state index contributed by atoms with van der Waals surface area (Å²) in [6, 6.07) is 0. The summed E-state index contributed by atoms with van der Waals surface area (Å²) in [5, 5.41) is 0. The summed E-state index contributed by atoms with van der Waals surface area (Å²) >= 11 is 5.21. The van der Waals surface area contributed by atoms with Gasteiger partial charge in [-0.05, 0) is 6.42 Å². The maximum absolute atomic E-state index is 5.21. The van der Waals surface area contributed by atoms with E-state index in [1.807, 2.05) is 12.2 Å². The molecular weight excluding hydrogens is 108 g/mol. The third-order valence-electron chi connectivity index (χ3n) is 0.556. The highest BCUT2D eigenvalue weighted by Crippen LogP contribution is 1.82. The summed E-state index contributed by atoms with van der Waals surface area (Å²) < 4.78 is 0. The van der Waals surface area contributed by atoms with E-state index in [2.05, 4.69) is 6.92 Å². The van der Waals surface area contributed by atoms with Crippen molar-refractivity contribution in [1.82, 2.24) is 0 Å². The van der Waals surface area contributed by atoms with Crippen LogP contribution in [0.3, 0.4) is 0 Å². The normalized spacial score (nSPS) is 11.7. The van der Waals surface area contributed by atoms with Crippen molar-refractivity contribution in [1.29, 1.82) is 0 Å². The quantitative estimate of drug-likeness (QED) is 0.487. The Morgan fingerprint density at radius 2 is 2.14 bits per heavy atom. The molecule has 1 heteroatoms. The Morgan fingerprint density at radius 1 is 1.43 bits per heavy atom. The van der Waals surface area contributed by atoms with Gasteiger partial charge in [0.05, 0.1) is 0 Å². The number of hydrogen-bond donors (Lipinski definition) is 0. The van der Waals surface area contributed by atoms with E-state index in [1.54, 1.807) is 6.08 Å². The molecule has 0 nitrogen and oxygen atoms in total. The lowest BCUT2D eigenvalue weighted by Crippen LogP contribution is -1.47. The Bertz CT molecular complexity index is 72.2. The first-order valence-corrected chi connectivity index (χ1v) is 2.77. The van der Waals surface area contributed by atoms with Crippen LogP contribution in [-0.2, 0) is 0 Å². The maximum Gasteiger partial charge on any atom is 0.00423 e. The molecule has 0 N–H and O–H groups in total. The first kappa shape index (κ1) is 6.77. The Morgan fingerprint density at radius 3 is 2.57 bits per heavy atom. The van der Waals surface area contributed by atoms with Gasteiger partial charge < -0.3 is 0 Å². The highest BCUT2D eigenvalue weighted by molar-refractivity contribution is 6.25. The molecule has 0 atom stereocenters. The molecule has 0 aliphatic rings. The van der Waals surface area contributed by atoms with Gasteiger partial charge in [-0.1, -0.05) is 36.8 Å². The van der Waals surface area contributed by atoms with E-state index in [9.17, 15) is 0 Å². The Labute approximate surface area is 49.5 Å². The molecule has 0 rings (SSSR count). The Kier molecular flexibility index (Phi) is 5.58. The van der Waals surface area contributed by atoms with Crippen LogP contribution in [0.1, 0.15) is 13.3 Å². The average molecular weight is 117 g/mol. The molecule has 0 heterocycles. The predicted octanol–water partition coefficient (Wildman–Crippen LogP) is 2.71. The average Bonchev–Trinajstić information content (AvgIpc) is 1.69. The van der Waals surface area contributed by atoms with Gasteiger partial charge in [0, 0.05) is 5.54 Å². The van der Waals surface area contributed by atoms with Gasteiger partial charge >= 0.3 is 0 Å². The van der Waals surface area contributed by atoms with Crippen LogP contribution in [0, 0.1) is 0 Å². The van der Waals surface area contributed by atoms with Crippen LogP contribution in [-0.4, -0.2) is 0 Å². The Hall–Kier alpha value is -0.230. The van der Waals surface area contributed by atoms with E-state index in [1.165, 1.54) is 5.54 Å². The van der Waals surface area contributed by atoms with Gasteiger partial charge in [0.15, 0.2) is 0 Å². The van der Waals surface area contributed by atoms with Gasteiger partial charge in [0.25, 0.3) is 0 Å². The molecule has 0 spiro atoms. The summed E-state index contributed by atoms with van der Waals surface area (Å²) in [6.45, 7) is 2.08. The van der Waals surface area contributed by atoms with Crippen LogP contribution < -0.4 is 0 Å². The minimum absolute atomic E-state index is 1.07. The van der Waals surface area contributed by atoms with Crippen molar-refractivity contribution in [2.24, 2.45) is 0 Å². The fourth-order valence-corrected chi connectivity index (χ4v) is 0.341. The van der Waals surface area contributed by atoms with E-state index in [-0.39, 0.29) is 0 Å². The van der Waals surface area contributed by atoms with E-state index in [4.69, 9.17) is 11.6 Å². The third-order valence-corrected chi connectivity index (χ3v) is 0.701. The van der Waals surface area contributed by atoms with E-state index < -0.39 is 0 Å². The second kappa shape index (κ2) is 5.77. The number of rotatable bonds is 2. The summed E-state index contributed by atoms with van der Waals surface area (Å²) in [5.74, 6) is 0. The van der Waals surface area contributed by atoms with Crippen LogP contribution in [0.5, 0.6) is 0 Å². The number of allylic oxidation sites excluding steroid dienone is 3. The van der Waals surface area contributed by atoms with Crippen molar-refractivity contribution >= 4 is 11.6 Å². The first-order chi connectivity index (χ1) is 3.41. The van der Waals surface area contributed by atoms with Gasteiger partial charge in [-0.15, -0.1) is 0 Å². The maximum atomic E-state index is 5.21. The lowest BCUT2D eigenvalue weighted by atomic mass is 10.4. The molecule has 0 saturated carbocycles. The molecule has 7 heavy (non-hydrogen) atoms. The van der Waals surface area contributed by atoms with E-state index in [0.717, 1.165) is 6.42 Å². The molecule has 0 fully saturated rings. The molecule has 0 aliphatic heterocycles. The standard InChI is InChI=1S/C6H9Cl/c1-2-3-4-5-6-7/h3-6H,2H2,1H3. The minimum atomic E-state index is 1.07. The molecule has 0 aromatic heterocycles.